The van der Waals surface area contributed by atoms with E-state index in [-0.39, 0.29) is 16.4 Å². The first-order valence-electron chi connectivity index (χ1n) is 7.53. The lowest BCUT2D eigenvalue weighted by atomic mass is 10.1. The highest BCUT2D eigenvalue weighted by atomic mass is 35.5. The molecule has 26 heavy (non-hydrogen) atoms. The number of nitrogens with one attached hydrogen (secondary N) is 1. The van der Waals surface area contributed by atoms with Gasteiger partial charge in [-0.25, -0.2) is 14.6 Å². The number of rotatable bonds is 4. The summed E-state index contributed by atoms with van der Waals surface area (Å²) in [5, 5.41) is 3.88. The third kappa shape index (κ3) is 3.57. The number of fused-ring (bicyclic) bond motifs is 1. The number of halogens is 1. The molecule has 0 fully saturated rings. The largest absolute Gasteiger partial charge is 0.465 e. The Hall–Kier alpha value is -3.19. The maximum absolute atomic E-state index is 11.9. The predicted octanol–water partition coefficient (Wildman–Crippen LogP) is 3.60. The molecule has 0 radical (unpaired) electrons. The highest BCUT2D eigenvalue weighted by molar-refractivity contribution is 6.28. The van der Waals surface area contributed by atoms with Crippen LogP contribution in [-0.2, 0) is 9.47 Å². The molecule has 0 bridgehead atoms. The van der Waals surface area contributed by atoms with Gasteiger partial charge in [-0.1, -0.05) is 12.1 Å². The second-order valence-corrected chi connectivity index (χ2v) is 5.60. The summed E-state index contributed by atoms with van der Waals surface area (Å²) >= 11 is 5.99. The van der Waals surface area contributed by atoms with Gasteiger partial charge in [-0.15, -0.1) is 0 Å². The summed E-state index contributed by atoms with van der Waals surface area (Å²) in [4.78, 5) is 32.2. The summed E-state index contributed by atoms with van der Waals surface area (Å²) in [5.41, 5.74) is 1.50. The van der Waals surface area contributed by atoms with Gasteiger partial charge < -0.3 is 14.8 Å². The van der Waals surface area contributed by atoms with Crippen LogP contribution in [0.3, 0.4) is 0 Å². The maximum atomic E-state index is 11.9. The van der Waals surface area contributed by atoms with Crippen LogP contribution in [0.25, 0.3) is 10.9 Å². The number of carbonyl (C=O) groups is 2. The average Bonchev–Trinajstić information content (AvgIpc) is 2.66. The van der Waals surface area contributed by atoms with Crippen LogP contribution in [0.15, 0.2) is 42.5 Å². The van der Waals surface area contributed by atoms with E-state index in [2.05, 4.69) is 15.3 Å². The van der Waals surface area contributed by atoms with Gasteiger partial charge in [0, 0.05) is 11.1 Å². The predicted molar refractivity (Wildman–Crippen MR) is 97.0 cm³/mol. The molecule has 1 aromatic heterocycles. The van der Waals surface area contributed by atoms with Crippen molar-refractivity contribution in [3.05, 3.63) is 58.9 Å². The Balaban J connectivity index is 2.10. The SMILES string of the molecule is COC(=O)c1cc(Nc2nc(Cl)nc3ccccc23)cc(C(=O)OC)c1. The van der Waals surface area contributed by atoms with Gasteiger partial charge in [0.05, 0.1) is 30.9 Å². The van der Waals surface area contributed by atoms with Crippen LogP contribution in [0.2, 0.25) is 5.28 Å². The van der Waals surface area contributed by atoms with E-state index in [0.29, 0.717) is 17.0 Å². The van der Waals surface area contributed by atoms with E-state index in [0.717, 1.165) is 5.39 Å². The number of anilines is 2. The zero-order chi connectivity index (χ0) is 18.7. The molecule has 132 valence electrons. The number of nitrogens with zero attached hydrogens (tertiary/aromatic N) is 2. The Morgan fingerprint density at radius 1 is 0.962 bits per heavy atom. The fourth-order valence-corrected chi connectivity index (χ4v) is 2.63. The lowest BCUT2D eigenvalue weighted by Crippen LogP contribution is -2.08. The van der Waals surface area contributed by atoms with Crippen molar-refractivity contribution in [3.8, 4) is 0 Å². The molecule has 2 aromatic carbocycles. The quantitative estimate of drug-likeness (QED) is 0.553. The zero-order valence-electron chi connectivity index (χ0n) is 13.9. The lowest BCUT2D eigenvalue weighted by Gasteiger charge is -2.11. The molecule has 1 N–H and O–H groups in total. The van der Waals surface area contributed by atoms with Crippen molar-refractivity contribution in [2.24, 2.45) is 0 Å². The van der Waals surface area contributed by atoms with E-state index in [1.807, 2.05) is 18.2 Å². The second-order valence-electron chi connectivity index (χ2n) is 5.27. The molecule has 3 rings (SSSR count). The van der Waals surface area contributed by atoms with Crippen molar-refractivity contribution in [1.82, 2.24) is 9.97 Å². The van der Waals surface area contributed by atoms with Gasteiger partial charge in [-0.05, 0) is 41.9 Å². The number of methoxy groups -OCH3 is 2. The minimum absolute atomic E-state index is 0.0727. The van der Waals surface area contributed by atoms with E-state index >= 15 is 0 Å². The van der Waals surface area contributed by atoms with E-state index < -0.39 is 11.9 Å². The molecular formula is C18H14ClN3O4. The summed E-state index contributed by atoms with van der Waals surface area (Å²) in [6, 6.07) is 11.8. The Morgan fingerprint density at radius 2 is 1.58 bits per heavy atom. The summed E-state index contributed by atoms with van der Waals surface area (Å²) in [6.07, 6.45) is 0. The number of esters is 2. The van der Waals surface area contributed by atoms with Crippen LogP contribution in [0.1, 0.15) is 20.7 Å². The maximum Gasteiger partial charge on any atom is 0.337 e. The van der Waals surface area contributed by atoms with Crippen molar-refractivity contribution in [2.45, 2.75) is 0 Å². The molecule has 1 heterocycles. The van der Waals surface area contributed by atoms with Gasteiger partial charge >= 0.3 is 11.9 Å². The average molecular weight is 372 g/mol. The number of aromatic nitrogens is 2. The van der Waals surface area contributed by atoms with Gasteiger partial charge in [-0.3, -0.25) is 0 Å². The van der Waals surface area contributed by atoms with E-state index in [1.165, 1.54) is 20.3 Å². The van der Waals surface area contributed by atoms with E-state index in [9.17, 15) is 9.59 Å². The molecule has 0 aliphatic heterocycles. The fraction of sp³-hybridized carbons (Fsp3) is 0.111. The Labute approximate surface area is 153 Å². The highest BCUT2D eigenvalue weighted by Gasteiger charge is 2.15. The summed E-state index contributed by atoms with van der Waals surface area (Å²) in [7, 11) is 2.52. The van der Waals surface area contributed by atoms with Crippen molar-refractivity contribution in [3.63, 3.8) is 0 Å². The smallest absolute Gasteiger partial charge is 0.337 e. The monoisotopic (exact) mass is 371 g/mol. The molecule has 0 spiro atoms. The number of ether oxygens (including phenoxy) is 2. The summed E-state index contributed by atoms with van der Waals surface area (Å²) in [6.45, 7) is 0. The van der Waals surface area contributed by atoms with Gasteiger partial charge in [0.15, 0.2) is 0 Å². The van der Waals surface area contributed by atoms with Crippen LogP contribution >= 0.6 is 11.6 Å². The van der Waals surface area contributed by atoms with Crippen molar-refractivity contribution in [1.29, 1.82) is 0 Å². The van der Waals surface area contributed by atoms with Crippen LogP contribution in [0.4, 0.5) is 11.5 Å². The fourth-order valence-electron chi connectivity index (χ4n) is 2.45. The third-order valence-electron chi connectivity index (χ3n) is 3.61. The Bertz CT molecular complexity index is 973. The molecule has 8 heteroatoms. The normalized spacial score (nSPS) is 10.4. The first-order valence-corrected chi connectivity index (χ1v) is 7.90. The second kappa shape index (κ2) is 7.37. The van der Waals surface area contributed by atoms with Crippen LogP contribution in [0, 0.1) is 0 Å². The summed E-state index contributed by atoms with van der Waals surface area (Å²) < 4.78 is 9.47. The van der Waals surface area contributed by atoms with Gasteiger partial charge in [0.25, 0.3) is 0 Å². The van der Waals surface area contributed by atoms with Crippen molar-refractivity contribution < 1.29 is 19.1 Å². The minimum Gasteiger partial charge on any atom is -0.465 e. The lowest BCUT2D eigenvalue weighted by molar-refractivity contribution is 0.0599. The molecule has 0 saturated heterocycles. The van der Waals surface area contributed by atoms with Crippen molar-refractivity contribution in [2.75, 3.05) is 19.5 Å². The molecule has 0 amide bonds. The third-order valence-corrected chi connectivity index (χ3v) is 3.78. The number of hydrogen-bond acceptors (Lipinski definition) is 7. The molecule has 3 aromatic rings. The van der Waals surface area contributed by atoms with E-state index in [1.54, 1.807) is 18.2 Å². The molecule has 0 aliphatic carbocycles. The molecule has 0 atom stereocenters. The topological polar surface area (TPSA) is 90.4 Å². The highest BCUT2D eigenvalue weighted by Crippen LogP contribution is 2.26. The number of hydrogen-bond donors (Lipinski definition) is 1. The number of benzene rings is 2. The number of carbonyl (C=O) groups excluding carboxylic acids is 2. The minimum atomic E-state index is -0.579. The molecule has 0 unspecified atom stereocenters. The zero-order valence-corrected chi connectivity index (χ0v) is 14.7. The van der Waals surface area contributed by atoms with Crippen LogP contribution in [-0.4, -0.2) is 36.1 Å². The van der Waals surface area contributed by atoms with Gasteiger partial charge in [0.1, 0.15) is 5.82 Å². The van der Waals surface area contributed by atoms with Gasteiger partial charge in [0.2, 0.25) is 5.28 Å². The van der Waals surface area contributed by atoms with Crippen LogP contribution in [0.5, 0.6) is 0 Å². The standard InChI is InChI=1S/C18H14ClN3O4/c1-25-16(23)10-7-11(17(24)26-2)9-12(8-10)20-15-13-5-3-4-6-14(13)21-18(19)22-15/h3-9H,1-2H3,(H,20,21,22). The Morgan fingerprint density at radius 3 is 2.19 bits per heavy atom. The van der Waals surface area contributed by atoms with Gasteiger partial charge in [-0.2, -0.15) is 4.98 Å². The first-order chi connectivity index (χ1) is 12.5. The molecule has 0 aliphatic rings. The molecule has 7 nitrogen and oxygen atoms in total. The van der Waals surface area contributed by atoms with Crippen molar-refractivity contribution >= 4 is 45.9 Å². The molecule has 0 saturated carbocycles. The first kappa shape index (κ1) is 17.6. The molecular weight excluding hydrogens is 358 g/mol. The Kier molecular flexibility index (Phi) is 4.99. The van der Waals surface area contributed by atoms with Crippen LogP contribution < -0.4 is 5.32 Å². The number of para-hydroxylation sites is 1. The summed E-state index contributed by atoms with van der Waals surface area (Å²) in [5.74, 6) is -0.716. The van der Waals surface area contributed by atoms with E-state index in [4.69, 9.17) is 21.1 Å².